The average Bonchev–Trinajstić information content (AvgIpc) is 2.77. The monoisotopic (exact) mass is 401 g/mol. The molecule has 0 bridgehead atoms. The number of nitrogens with one attached hydrogen (secondary N) is 1. The summed E-state index contributed by atoms with van der Waals surface area (Å²) in [7, 11) is 0. The zero-order chi connectivity index (χ0) is 20.3. The maximum absolute atomic E-state index is 12.7. The quantitative estimate of drug-likeness (QED) is 0.704. The molecule has 0 radical (unpaired) electrons. The fourth-order valence-electron chi connectivity index (χ4n) is 3.81. The number of ether oxygens (including phenoxy) is 2. The first-order valence-corrected chi connectivity index (χ1v) is 10.3. The number of hydrogen-bond acceptors (Lipinski definition) is 5. The fraction of sp³-hybridized carbons (Fsp3) is 0.292. The summed E-state index contributed by atoms with van der Waals surface area (Å²) in [5, 5.41) is 3.08. The Morgan fingerprint density at radius 3 is 2.70 bits per heavy atom. The number of benzene rings is 1. The SMILES string of the molecule is O=C(N[C@@H]1COc2cccc(-c3ccncc3)c2C1)c1ccc(OC2CCC2)nc1. The number of carbonyl (C=O) groups excluding carboxylic acids is 1. The summed E-state index contributed by atoms with van der Waals surface area (Å²) < 4.78 is 11.7. The predicted molar refractivity (Wildman–Crippen MR) is 113 cm³/mol. The molecule has 1 aromatic carbocycles. The van der Waals surface area contributed by atoms with Crippen LogP contribution >= 0.6 is 0 Å². The molecule has 1 amide bonds. The van der Waals surface area contributed by atoms with Crippen LogP contribution in [0.5, 0.6) is 11.6 Å². The second-order valence-corrected chi connectivity index (χ2v) is 7.76. The van der Waals surface area contributed by atoms with Crippen LogP contribution in [0.4, 0.5) is 0 Å². The molecule has 1 saturated carbocycles. The normalized spacial score (nSPS) is 17.9. The van der Waals surface area contributed by atoms with E-state index in [2.05, 4.69) is 21.4 Å². The van der Waals surface area contributed by atoms with Gasteiger partial charge < -0.3 is 14.8 Å². The van der Waals surface area contributed by atoms with Gasteiger partial charge in [0.15, 0.2) is 0 Å². The van der Waals surface area contributed by atoms with Crippen LogP contribution < -0.4 is 14.8 Å². The maximum atomic E-state index is 12.7. The molecule has 1 fully saturated rings. The van der Waals surface area contributed by atoms with Crippen LogP contribution in [0, 0.1) is 0 Å². The lowest BCUT2D eigenvalue weighted by Gasteiger charge is -2.28. The Labute approximate surface area is 175 Å². The zero-order valence-corrected chi connectivity index (χ0v) is 16.6. The van der Waals surface area contributed by atoms with Crippen molar-refractivity contribution >= 4 is 5.91 Å². The third-order valence-corrected chi connectivity index (χ3v) is 5.69. The standard InChI is InChI=1S/C24H23N3O3/c28-24(17-7-8-23(26-14-17)30-19-3-1-4-19)27-18-13-21-20(16-9-11-25-12-10-16)5-2-6-22(21)29-15-18/h2,5-12,14,18-19H,1,3-4,13,15H2,(H,27,28)/t18-/m0/s1. The van der Waals surface area contributed by atoms with Crippen molar-refractivity contribution in [2.24, 2.45) is 0 Å². The lowest BCUT2D eigenvalue weighted by Crippen LogP contribution is -2.42. The largest absolute Gasteiger partial charge is 0.491 e. The van der Waals surface area contributed by atoms with Crippen LogP contribution in [-0.2, 0) is 6.42 Å². The van der Waals surface area contributed by atoms with Crippen molar-refractivity contribution in [2.45, 2.75) is 37.8 Å². The van der Waals surface area contributed by atoms with Crippen molar-refractivity contribution in [3.63, 3.8) is 0 Å². The van der Waals surface area contributed by atoms with E-state index in [1.54, 1.807) is 30.7 Å². The molecule has 2 aromatic heterocycles. The van der Waals surface area contributed by atoms with E-state index in [9.17, 15) is 4.79 Å². The van der Waals surface area contributed by atoms with Crippen molar-refractivity contribution < 1.29 is 14.3 Å². The highest BCUT2D eigenvalue weighted by Gasteiger charge is 2.25. The van der Waals surface area contributed by atoms with E-state index in [4.69, 9.17) is 9.47 Å². The van der Waals surface area contributed by atoms with Gasteiger partial charge in [-0.05, 0) is 54.7 Å². The van der Waals surface area contributed by atoms with Gasteiger partial charge in [-0.3, -0.25) is 9.78 Å². The highest BCUT2D eigenvalue weighted by Crippen LogP contribution is 2.34. The Balaban J connectivity index is 1.28. The summed E-state index contributed by atoms with van der Waals surface area (Å²) >= 11 is 0. The molecule has 3 heterocycles. The van der Waals surface area contributed by atoms with Gasteiger partial charge in [-0.1, -0.05) is 12.1 Å². The predicted octanol–water partition coefficient (Wildman–Crippen LogP) is 3.81. The Hall–Kier alpha value is -3.41. The third kappa shape index (κ3) is 3.85. The summed E-state index contributed by atoms with van der Waals surface area (Å²) in [5.74, 6) is 1.29. The molecule has 6 heteroatoms. The molecule has 0 saturated heterocycles. The molecule has 1 aliphatic heterocycles. The van der Waals surface area contributed by atoms with Crippen LogP contribution in [0.25, 0.3) is 11.1 Å². The third-order valence-electron chi connectivity index (χ3n) is 5.69. The van der Waals surface area contributed by atoms with Crippen molar-refractivity contribution in [3.05, 3.63) is 72.2 Å². The second kappa shape index (κ2) is 8.14. The fourth-order valence-corrected chi connectivity index (χ4v) is 3.81. The highest BCUT2D eigenvalue weighted by molar-refractivity contribution is 5.94. The first-order valence-electron chi connectivity index (χ1n) is 10.3. The molecule has 1 atom stereocenters. The number of hydrogen-bond donors (Lipinski definition) is 1. The molecular formula is C24H23N3O3. The minimum atomic E-state index is -0.156. The number of nitrogens with zero attached hydrogens (tertiary/aromatic N) is 2. The molecule has 2 aliphatic rings. The van der Waals surface area contributed by atoms with Gasteiger partial charge in [0.2, 0.25) is 5.88 Å². The molecule has 6 nitrogen and oxygen atoms in total. The van der Waals surface area contributed by atoms with Crippen LogP contribution in [0.3, 0.4) is 0 Å². The summed E-state index contributed by atoms with van der Waals surface area (Å²) in [6, 6.07) is 13.4. The van der Waals surface area contributed by atoms with Crippen LogP contribution in [0.1, 0.15) is 35.2 Å². The Bertz CT molecular complexity index is 1030. The van der Waals surface area contributed by atoms with Crippen LogP contribution in [0.15, 0.2) is 61.1 Å². The Kier molecular flexibility index (Phi) is 5.05. The van der Waals surface area contributed by atoms with Crippen molar-refractivity contribution in [2.75, 3.05) is 6.61 Å². The number of amides is 1. The molecule has 1 aliphatic carbocycles. The van der Waals surface area contributed by atoms with Gasteiger partial charge in [0.1, 0.15) is 18.5 Å². The van der Waals surface area contributed by atoms with Gasteiger partial charge in [0.05, 0.1) is 11.6 Å². The smallest absolute Gasteiger partial charge is 0.253 e. The Morgan fingerprint density at radius 1 is 1.10 bits per heavy atom. The van der Waals surface area contributed by atoms with Crippen molar-refractivity contribution in [1.29, 1.82) is 0 Å². The van der Waals surface area contributed by atoms with Gasteiger partial charge in [-0.25, -0.2) is 4.98 Å². The van der Waals surface area contributed by atoms with Crippen LogP contribution in [0.2, 0.25) is 0 Å². The van der Waals surface area contributed by atoms with Gasteiger partial charge in [-0.2, -0.15) is 0 Å². The lowest BCUT2D eigenvalue weighted by atomic mass is 9.93. The van der Waals surface area contributed by atoms with E-state index in [0.29, 0.717) is 24.5 Å². The van der Waals surface area contributed by atoms with Gasteiger partial charge >= 0.3 is 0 Å². The van der Waals surface area contributed by atoms with E-state index in [1.807, 2.05) is 24.3 Å². The first-order chi connectivity index (χ1) is 14.8. The minimum absolute atomic E-state index is 0.112. The highest BCUT2D eigenvalue weighted by atomic mass is 16.5. The van der Waals surface area contributed by atoms with E-state index in [1.165, 1.54) is 6.42 Å². The summed E-state index contributed by atoms with van der Waals surface area (Å²) in [6.07, 6.45) is 9.47. The number of pyridine rings is 2. The van der Waals surface area contributed by atoms with E-state index in [0.717, 1.165) is 35.3 Å². The summed E-state index contributed by atoms with van der Waals surface area (Å²) in [4.78, 5) is 21.1. The average molecular weight is 401 g/mol. The van der Waals surface area contributed by atoms with Gasteiger partial charge in [0, 0.05) is 36.6 Å². The number of aromatic nitrogens is 2. The topological polar surface area (TPSA) is 73.3 Å². The van der Waals surface area contributed by atoms with Gasteiger partial charge in [0.25, 0.3) is 5.91 Å². The first kappa shape index (κ1) is 18.6. The van der Waals surface area contributed by atoms with E-state index in [-0.39, 0.29) is 18.1 Å². The molecule has 152 valence electrons. The molecule has 5 rings (SSSR count). The summed E-state index contributed by atoms with van der Waals surface area (Å²) in [6.45, 7) is 0.439. The molecule has 3 aromatic rings. The maximum Gasteiger partial charge on any atom is 0.253 e. The lowest BCUT2D eigenvalue weighted by molar-refractivity contribution is 0.0914. The van der Waals surface area contributed by atoms with E-state index >= 15 is 0 Å². The molecule has 1 N–H and O–H groups in total. The molecular weight excluding hydrogens is 378 g/mol. The van der Waals surface area contributed by atoms with Gasteiger partial charge in [-0.15, -0.1) is 0 Å². The number of fused-ring (bicyclic) bond motifs is 1. The minimum Gasteiger partial charge on any atom is -0.491 e. The van der Waals surface area contributed by atoms with Crippen molar-refractivity contribution in [1.82, 2.24) is 15.3 Å². The van der Waals surface area contributed by atoms with E-state index < -0.39 is 0 Å². The molecule has 30 heavy (non-hydrogen) atoms. The Morgan fingerprint density at radius 2 is 1.97 bits per heavy atom. The molecule has 0 unspecified atom stereocenters. The zero-order valence-electron chi connectivity index (χ0n) is 16.6. The number of carbonyl (C=O) groups is 1. The number of rotatable bonds is 5. The molecule has 0 spiro atoms. The summed E-state index contributed by atoms with van der Waals surface area (Å²) in [5.41, 5.74) is 3.81. The van der Waals surface area contributed by atoms with Crippen molar-refractivity contribution in [3.8, 4) is 22.8 Å². The van der Waals surface area contributed by atoms with Crippen LogP contribution in [-0.4, -0.2) is 34.6 Å². The second-order valence-electron chi connectivity index (χ2n) is 7.76.